The van der Waals surface area contributed by atoms with Crippen molar-refractivity contribution < 1.29 is 9.53 Å². The van der Waals surface area contributed by atoms with Gasteiger partial charge in [-0.05, 0) is 44.4 Å². The van der Waals surface area contributed by atoms with E-state index in [-0.39, 0.29) is 23.6 Å². The molecule has 1 aliphatic heterocycles. The predicted molar refractivity (Wildman–Crippen MR) is 123 cm³/mol. The smallest absolute Gasteiger partial charge is 0.262 e. The SMILES string of the molecule is C[C@H](Sc1nc2ccccc2c(=O)n1C[C@H]1CCCO1)C(=O)N[C@H](C)c1ccccc1. The third-order valence-corrected chi connectivity index (χ3v) is 6.64. The summed E-state index contributed by atoms with van der Waals surface area (Å²) in [6, 6.07) is 17.1. The maximum atomic E-state index is 13.2. The van der Waals surface area contributed by atoms with E-state index in [0.29, 0.717) is 22.6 Å². The largest absolute Gasteiger partial charge is 0.376 e. The van der Waals surface area contributed by atoms with E-state index in [4.69, 9.17) is 9.72 Å². The number of hydrogen-bond acceptors (Lipinski definition) is 5. The van der Waals surface area contributed by atoms with Gasteiger partial charge in [0.25, 0.3) is 5.56 Å². The zero-order valence-corrected chi connectivity index (χ0v) is 18.6. The number of thioether (sulfide) groups is 1. The fourth-order valence-corrected chi connectivity index (χ4v) is 4.69. The van der Waals surface area contributed by atoms with Crippen molar-refractivity contribution in [2.45, 2.75) is 55.8 Å². The maximum Gasteiger partial charge on any atom is 0.262 e. The second-order valence-electron chi connectivity index (χ2n) is 7.86. The highest BCUT2D eigenvalue weighted by atomic mass is 32.2. The van der Waals surface area contributed by atoms with Gasteiger partial charge in [-0.25, -0.2) is 4.98 Å². The number of nitrogens with zero attached hydrogens (tertiary/aromatic N) is 2. The molecule has 0 unspecified atom stereocenters. The van der Waals surface area contributed by atoms with Crippen molar-refractivity contribution in [2.75, 3.05) is 6.61 Å². The lowest BCUT2D eigenvalue weighted by Gasteiger charge is -2.20. The van der Waals surface area contributed by atoms with Crippen molar-refractivity contribution in [1.82, 2.24) is 14.9 Å². The zero-order chi connectivity index (χ0) is 21.8. The van der Waals surface area contributed by atoms with Crippen LogP contribution in [0.2, 0.25) is 0 Å². The molecule has 0 saturated carbocycles. The topological polar surface area (TPSA) is 73.2 Å². The zero-order valence-electron chi connectivity index (χ0n) is 17.8. The number of carbonyl (C=O) groups excluding carboxylic acids is 1. The van der Waals surface area contributed by atoms with E-state index in [1.165, 1.54) is 11.8 Å². The normalized spacial score (nSPS) is 18.1. The van der Waals surface area contributed by atoms with Crippen LogP contribution in [0.4, 0.5) is 0 Å². The molecule has 3 atom stereocenters. The number of carbonyl (C=O) groups is 1. The first-order valence-electron chi connectivity index (χ1n) is 10.7. The van der Waals surface area contributed by atoms with Gasteiger partial charge in [0.1, 0.15) is 0 Å². The van der Waals surface area contributed by atoms with Gasteiger partial charge in [0.05, 0.1) is 34.8 Å². The summed E-state index contributed by atoms with van der Waals surface area (Å²) in [4.78, 5) is 30.8. The third kappa shape index (κ3) is 4.99. The lowest BCUT2D eigenvalue weighted by Crippen LogP contribution is -2.34. The Morgan fingerprint density at radius 2 is 1.94 bits per heavy atom. The highest BCUT2D eigenvalue weighted by molar-refractivity contribution is 8.00. The summed E-state index contributed by atoms with van der Waals surface area (Å²) in [5, 5.41) is 3.79. The molecule has 1 fully saturated rings. The summed E-state index contributed by atoms with van der Waals surface area (Å²) in [5.41, 5.74) is 1.60. The van der Waals surface area contributed by atoms with Gasteiger partial charge < -0.3 is 10.1 Å². The molecule has 7 heteroatoms. The van der Waals surface area contributed by atoms with Crippen LogP contribution in [0, 0.1) is 0 Å². The fraction of sp³-hybridized carbons (Fsp3) is 0.375. The van der Waals surface area contributed by atoms with Crippen molar-refractivity contribution in [2.24, 2.45) is 0 Å². The Labute approximate surface area is 186 Å². The molecule has 0 radical (unpaired) electrons. The van der Waals surface area contributed by atoms with Gasteiger partial charge in [-0.2, -0.15) is 0 Å². The minimum absolute atomic E-state index is 0.00208. The highest BCUT2D eigenvalue weighted by Gasteiger charge is 2.24. The van der Waals surface area contributed by atoms with E-state index in [1.807, 2.05) is 62.4 Å². The second kappa shape index (κ2) is 9.66. The molecule has 2 heterocycles. The Morgan fingerprint density at radius 3 is 2.68 bits per heavy atom. The summed E-state index contributed by atoms with van der Waals surface area (Å²) in [6.07, 6.45) is 1.93. The first-order chi connectivity index (χ1) is 15.0. The van der Waals surface area contributed by atoms with Crippen LogP contribution in [0.5, 0.6) is 0 Å². The highest BCUT2D eigenvalue weighted by Crippen LogP contribution is 2.25. The number of aromatic nitrogens is 2. The van der Waals surface area contributed by atoms with E-state index in [0.717, 1.165) is 25.0 Å². The molecule has 2 aromatic carbocycles. The number of amides is 1. The van der Waals surface area contributed by atoms with E-state index < -0.39 is 5.25 Å². The minimum Gasteiger partial charge on any atom is -0.376 e. The number of para-hydroxylation sites is 1. The average molecular weight is 438 g/mol. The molecule has 1 aliphatic rings. The molecule has 1 N–H and O–H groups in total. The Bertz CT molecular complexity index is 1110. The van der Waals surface area contributed by atoms with E-state index in [2.05, 4.69) is 5.32 Å². The summed E-state index contributed by atoms with van der Waals surface area (Å²) in [5.74, 6) is -0.0903. The van der Waals surface area contributed by atoms with Crippen molar-refractivity contribution in [3.05, 3.63) is 70.5 Å². The summed E-state index contributed by atoms with van der Waals surface area (Å²) in [6.45, 7) is 4.98. The van der Waals surface area contributed by atoms with Gasteiger partial charge in [0.2, 0.25) is 5.91 Å². The van der Waals surface area contributed by atoms with Gasteiger partial charge in [0.15, 0.2) is 5.16 Å². The number of ether oxygens (including phenoxy) is 1. The van der Waals surface area contributed by atoms with Crippen LogP contribution in [-0.4, -0.2) is 33.4 Å². The Balaban J connectivity index is 1.57. The molecule has 3 aromatic rings. The first-order valence-corrected chi connectivity index (χ1v) is 11.5. The molecular formula is C24H27N3O3S. The molecule has 0 spiro atoms. The van der Waals surface area contributed by atoms with Gasteiger partial charge in [-0.1, -0.05) is 54.2 Å². The fourth-order valence-electron chi connectivity index (χ4n) is 3.76. The molecule has 0 aliphatic carbocycles. The van der Waals surface area contributed by atoms with Gasteiger partial charge in [-0.15, -0.1) is 0 Å². The monoisotopic (exact) mass is 437 g/mol. The third-order valence-electron chi connectivity index (χ3n) is 5.55. The number of benzene rings is 2. The Morgan fingerprint density at radius 1 is 1.19 bits per heavy atom. The van der Waals surface area contributed by atoms with E-state index in [1.54, 1.807) is 10.6 Å². The average Bonchev–Trinajstić information content (AvgIpc) is 3.30. The summed E-state index contributed by atoms with van der Waals surface area (Å²) in [7, 11) is 0. The molecule has 1 aromatic heterocycles. The number of hydrogen-bond donors (Lipinski definition) is 1. The van der Waals surface area contributed by atoms with Crippen molar-refractivity contribution >= 4 is 28.6 Å². The Hall–Kier alpha value is -2.64. The van der Waals surface area contributed by atoms with Crippen molar-refractivity contribution in [1.29, 1.82) is 0 Å². The lowest BCUT2D eigenvalue weighted by atomic mass is 10.1. The molecule has 6 nitrogen and oxygen atoms in total. The van der Waals surface area contributed by atoms with Gasteiger partial charge in [0, 0.05) is 6.61 Å². The summed E-state index contributed by atoms with van der Waals surface area (Å²) >= 11 is 1.31. The maximum absolute atomic E-state index is 13.2. The second-order valence-corrected chi connectivity index (χ2v) is 9.17. The van der Waals surface area contributed by atoms with Crippen LogP contribution < -0.4 is 10.9 Å². The van der Waals surface area contributed by atoms with Gasteiger partial charge >= 0.3 is 0 Å². The molecule has 31 heavy (non-hydrogen) atoms. The van der Waals surface area contributed by atoms with Crippen LogP contribution in [0.25, 0.3) is 10.9 Å². The first kappa shape index (κ1) is 21.6. The van der Waals surface area contributed by atoms with Crippen molar-refractivity contribution in [3.63, 3.8) is 0 Å². The van der Waals surface area contributed by atoms with Crippen LogP contribution in [0.3, 0.4) is 0 Å². The van der Waals surface area contributed by atoms with Crippen LogP contribution in [0.1, 0.15) is 38.3 Å². The van der Waals surface area contributed by atoms with Crippen molar-refractivity contribution in [3.8, 4) is 0 Å². The minimum atomic E-state index is -0.407. The van der Waals surface area contributed by atoms with Crippen LogP contribution in [-0.2, 0) is 16.1 Å². The lowest BCUT2D eigenvalue weighted by molar-refractivity contribution is -0.120. The molecular weight excluding hydrogens is 410 g/mol. The number of fused-ring (bicyclic) bond motifs is 1. The van der Waals surface area contributed by atoms with E-state index in [9.17, 15) is 9.59 Å². The molecule has 1 saturated heterocycles. The number of rotatable bonds is 7. The Kier molecular flexibility index (Phi) is 6.73. The van der Waals surface area contributed by atoms with E-state index >= 15 is 0 Å². The molecule has 162 valence electrons. The molecule has 0 bridgehead atoms. The quantitative estimate of drug-likeness (QED) is 0.448. The van der Waals surface area contributed by atoms with Crippen LogP contribution in [0.15, 0.2) is 64.5 Å². The molecule has 1 amide bonds. The van der Waals surface area contributed by atoms with Gasteiger partial charge in [-0.3, -0.25) is 14.2 Å². The van der Waals surface area contributed by atoms with Crippen LogP contribution >= 0.6 is 11.8 Å². The predicted octanol–water partition coefficient (Wildman–Crippen LogP) is 3.93. The molecule has 4 rings (SSSR count). The standard InChI is InChI=1S/C24H27N3O3S/c1-16(18-9-4-3-5-10-18)25-22(28)17(2)31-24-26-21-13-7-6-12-20(21)23(29)27(24)15-19-11-8-14-30-19/h3-7,9-10,12-13,16-17,19H,8,11,14-15H2,1-2H3,(H,25,28)/t16-,17+,19-/m1/s1. The summed E-state index contributed by atoms with van der Waals surface area (Å²) < 4.78 is 7.43. The number of nitrogens with one attached hydrogen (secondary N) is 1.